The van der Waals surface area contributed by atoms with E-state index in [-0.39, 0.29) is 29.8 Å². The van der Waals surface area contributed by atoms with Crippen LogP contribution in [0.1, 0.15) is 76.5 Å². The van der Waals surface area contributed by atoms with Crippen molar-refractivity contribution in [1.82, 2.24) is 15.5 Å². The highest BCUT2D eigenvalue weighted by molar-refractivity contribution is 6.22. The number of benzene rings is 1. The second kappa shape index (κ2) is 7.43. The fourth-order valence-corrected chi connectivity index (χ4v) is 4.51. The fraction of sp³-hybridized carbons (Fsp3) is 0.571. The number of piperidine rings is 1. The van der Waals surface area contributed by atoms with Crippen LogP contribution in [0.3, 0.4) is 0 Å². The van der Waals surface area contributed by atoms with Crippen molar-refractivity contribution in [2.24, 2.45) is 5.92 Å². The van der Waals surface area contributed by atoms with Gasteiger partial charge < -0.3 is 10.6 Å². The van der Waals surface area contributed by atoms with Gasteiger partial charge >= 0.3 is 0 Å². The number of hydrogen-bond acceptors (Lipinski definition) is 4. The topological polar surface area (TPSA) is 78.5 Å². The van der Waals surface area contributed by atoms with Crippen LogP contribution in [0.25, 0.3) is 0 Å². The summed E-state index contributed by atoms with van der Waals surface area (Å²) < 4.78 is 0. The molecule has 3 aliphatic rings. The molecule has 2 atom stereocenters. The fourth-order valence-electron chi connectivity index (χ4n) is 4.51. The van der Waals surface area contributed by atoms with E-state index < -0.39 is 0 Å². The molecule has 2 N–H and O–H groups in total. The van der Waals surface area contributed by atoms with Gasteiger partial charge in [0.2, 0.25) is 0 Å². The number of fused-ring (bicyclic) bond motifs is 1. The van der Waals surface area contributed by atoms with E-state index in [1.807, 2.05) is 0 Å². The Morgan fingerprint density at radius 1 is 1.07 bits per heavy atom. The number of imide groups is 1. The molecule has 144 valence electrons. The van der Waals surface area contributed by atoms with E-state index in [0.29, 0.717) is 22.6 Å². The molecule has 6 nitrogen and oxygen atoms in total. The highest BCUT2D eigenvalue weighted by Gasteiger charge is 2.40. The molecule has 0 spiro atoms. The second-order valence-electron chi connectivity index (χ2n) is 8.08. The molecule has 0 radical (unpaired) electrons. The van der Waals surface area contributed by atoms with Crippen LogP contribution in [0.15, 0.2) is 18.2 Å². The summed E-state index contributed by atoms with van der Waals surface area (Å²) in [6.07, 6.45) is 6.06. The van der Waals surface area contributed by atoms with Crippen molar-refractivity contribution in [2.75, 3.05) is 13.1 Å². The van der Waals surface area contributed by atoms with Gasteiger partial charge in [0, 0.05) is 24.2 Å². The van der Waals surface area contributed by atoms with E-state index >= 15 is 0 Å². The summed E-state index contributed by atoms with van der Waals surface area (Å²) in [6, 6.07) is 4.96. The zero-order chi connectivity index (χ0) is 19.0. The Kier molecular flexibility index (Phi) is 5.00. The second-order valence-corrected chi connectivity index (χ2v) is 8.08. The molecule has 0 bridgehead atoms. The number of hydrogen-bond donors (Lipinski definition) is 2. The molecule has 2 heterocycles. The minimum Gasteiger partial charge on any atom is -0.348 e. The quantitative estimate of drug-likeness (QED) is 0.802. The Bertz CT molecular complexity index is 770. The van der Waals surface area contributed by atoms with E-state index in [9.17, 15) is 14.4 Å². The molecule has 27 heavy (non-hydrogen) atoms. The van der Waals surface area contributed by atoms with Crippen molar-refractivity contribution in [3.05, 3.63) is 34.9 Å². The zero-order valence-corrected chi connectivity index (χ0v) is 15.8. The summed E-state index contributed by atoms with van der Waals surface area (Å²) in [4.78, 5) is 39.7. The van der Waals surface area contributed by atoms with E-state index in [2.05, 4.69) is 17.6 Å². The Balaban J connectivity index is 1.52. The smallest absolute Gasteiger partial charge is 0.261 e. The summed E-state index contributed by atoms with van der Waals surface area (Å²) in [5, 5.41) is 6.36. The summed E-state index contributed by atoms with van der Waals surface area (Å²) in [6.45, 7) is 3.86. The molecule has 1 saturated carbocycles. The molecule has 3 amide bonds. The van der Waals surface area contributed by atoms with Crippen LogP contribution in [0.4, 0.5) is 0 Å². The average molecular weight is 369 g/mol. The van der Waals surface area contributed by atoms with Gasteiger partial charge in [-0.15, -0.1) is 0 Å². The predicted molar refractivity (Wildman–Crippen MR) is 102 cm³/mol. The molecular weight excluding hydrogens is 342 g/mol. The molecule has 1 saturated heterocycles. The number of rotatable bonds is 3. The summed E-state index contributed by atoms with van der Waals surface area (Å²) in [7, 11) is 0. The third-order valence-corrected chi connectivity index (χ3v) is 6.26. The van der Waals surface area contributed by atoms with Crippen LogP contribution in [0, 0.1) is 5.92 Å². The van der Waals surface area contributed by atoms with Crippen LogP contribution in [0.5, 0.6) is 0 Å². The van der Waals surface area contributed by atoms with E-state index in [1.54, 1.807) is 18.2 Å². The number of carbonyl (C=O) groups is 3. The third-order valence-electron chi connectivity index (χ3n) is 6.26. The monoisotopic (exact) mass is 369 g/mol. The molecule has 2 aliphatic heterocycles. The summed E-state index contributed by atoms with van der Waals surface area (Å²) in [5.74, 6) is -0.229. The molecule has 2 fully saturated rings. The van der Waals surface area contributed by atoms with Gasteiger partial charge in [0.05, 0.1) is 11.1 Å². The maximum atomic E-state index is 12.9. The van der Waals surface area contributed by atoms with Crippen molar-refractivity contribution < 1.29 is 14.4 Å². The van der Waals surface area contributed by atoms with Crippen LogP contribution < -0.4 is 10.6 Å². The highest BCUT2D eigenvalue weighted by Crippen LogP contribution is 2.31. The van der Waals surface area contributed by atoms with E-state index in [0.717, 1.165) is 45.2 Å². The number of amides is 3. The molecule has 1 aliphatic carbocycles. The number of nitrogens with zero attached hydrogens (tertiary/aromatic N) is 1. The molecular formula is C21H27N3O3. The maximum Gasteiger partial charge on any atom is 0.261 e. The zero-order valence-electron chi connectivity index (χ0n) is 15.8. The van der Waals surface area contributed by atoms with E-state index in [1.165, 1.54) is 11.3 Å². The SMILES string of the molecule is CC1CCNCC1NC(=O)c1ccc2c(c1)C(=O)N(C1CCCCC1)C2=O. The minimum absolute atomic E-state index is 0.00223. The molecule has 4 rings (SSSR count). The van der Waals surface area contributed by atoms with Gasteiger partial charge in [-0.1, -0.05) is 26.2 Å². The third kappa shape index (κ3) is 3.38. The van der Waals surface area contributed by atoms with Crippen molar-refractivity contribution >= 4 is 17.7 Å². The Morgan fingerprint density at radius 2 is 1.81 bits per heavy atom. The van der Waals surface area contributed by atoms with Crippen molar-refractivity contribution in [2.45, 2.75) is 57.5 Å². The lowest BCUT2D eigenvalue weighted by Gasteiger charge is -2.30. The normalized spacial score (nSPS) is 26.2. The van der Waals surface area contributed by atoms with Gasteiger partial charge in [-0.3, -0.25) is 19.3 Å². The Labute approximate surface area is 159 Å². The average Bonchev–Trinajstić information content (AvgIpc) is 2.94. The lowest BCUT2D eigenvalue weighted by atomic mass is 9.94. The largest absolute Gasteiger partial charge is 0.348 e. The first-order valence-electron chi connectivity index (χ1n) is 10.1. The van der Waals surface area contributed by atoms with Crippen molar-refractivity contribution in [1.29, 1.82) is 0 Å². The first-order valence-corrected chi connectivity index (χ1v) is 10.1. The first kappa shape index (κ1) is 18.2. The van der Waals surface area contributed by atoms with Gasteiger partial charge in [0.1, 0.15) is 0 Å². The Morgan fingerprint density at radius 3 is 2.56 bits per heavy atom. The lowest BCUT2D eigenvalue weighted by Crippen LogP contribution is -2.50. The summed E-state index contributed by atoms with van der Waals surface area (Å²) in [5.41, 5.74) is 1.24. The lowest BCUT2D eigenvalue weighted by molar-refractivity contribution is 0.0549. The molecule has 1 aromatic rings. The van der Waals surface area contributed by atoms with E-state index in [4.69, 9.17) is 0 Å². The highest BCUT2D eigenvalue weighted by atomic mass is 16.2. The molecule has 0 aromatic heterocycles. The van der Waals surface area contributed by atoms with Crippen LogP contribution >= 0.6 is 0 Å². The van der Waals surface area contributed by atoms with Crippen molar-refractivity contribution in [3.8, 4) is 0 Å². The number of nitrogens with one attached hydrogen (secondary N) is 2. The minimum atomic E-state index is -0.246. The van der Waals surface area contributed by atoms with Gasteiger partial charge in [-0.25, -0.2) is 0 Å². The number of carbonyl (C=O) groups excluding carboxylic acids is 3. The van der Waals surface area contributed by atoms with Crippen LogP contribution in [0.2, 0.25) is 0 Å². The summed E-state index contributed by atoms with van der Waals surface area (Å²) >= 11 is 0. The molecule has 6 heteroatoms. The van der Waals surface area contributed by atoms with Crippen LogP contribution in [-0.4, -0.2) is 47.8 Å². The van der Waals surface area contributed by atoms with Crippen LogP contribution in [-0.2, 0) is 0 Å². The van der Waals surface area contributed by atoms with Gasteiger partial charge in [0.15, 0.2) is 0 Å². The maximum absolute atomic E-state index is 12.9. The molecule has 1 aromatic carbocycles. The predicted octanol–water partition coefficient (Wildman–Crippen LogP) is 2.34. The molecule has 2 unspecified atom stereocenters. The van der Waals surface area contributed by atoms with Gasteiger partial charge in [-0.2, -0.15) is 0 Å². The van der Waals surface area contributed by atoms with Crippen molar-refractivity contribution in [3.63, 3.8) is 0 Å². The van der Waals surface area contributed by atoms with Gasteiger partial charge in [0.25, 0.3) is 17.7 Å². The Hall–Kier alpha value is -2.21. The first-order chi connectivity index (χ1) is 13.1. The standard InChI is InChI=1S/C21H27N3O3/c1-13-9-10-22-12-18(13)23-19(25)14-7-8-16-17(11-14)21(27)24(20(16)26)15-5-3-2-4-6-15/h7-8,11,13,15,18,22H,2-6,9-10,12H2,1H3,(H,23,25). The van der Waals surface area contributed by atoms with Gasteiger partial charge in [-0.05, 0) is 49.9 Å².